The van der Waals surface area contributed by atoms with Crippen LogP contribution >= 0.6 is 0 Å². The molecule has 1 aromatic heterocycles. The summed E-state index contributed by atoms with van der Waals surface area (Å²) in [5.41, 5.74) is 4.34. The van der Waals surface area contributed by atoms with Gasteiger partial charge in [0.15, 0.2) is 0 Å². The molecule has 0 radical (unpaired) electrons. The average molecular weight is 412 g/mol. The van der Waals surface area contributed by atoms with Crippen molar-refractivity contribution in [3.05, 3.63) is 30.0 Å². The zero-order chi connectivity index (χ0) is 20.9. The van der Waals surface area contributed by atoms with Gasteiger partial charge in [0.1, 0.15) is 0 Å². The highest BCUT2D eigenvalue weighted by molar-refractivity contribution is 5.90. The van der Waals surface area contributed by atoms with Gasteiger partial charge < -0.3 is 10.2 Å². The molecule has 3 heterocycles. The van der Waals surface area contributed by atoms with E-state index in [1.807, 2.05) is 22.8 Å². The van der Waals surface area contributed by atoms with Crippen LogP contribution in [0.15, 0.2) is 24.4 Å². The van der Waals surface area contributed by atoms with E-state index in [0.29, 0.717) is 25.4 Å². The summed E-state index contributed by atoms with van der Waals surface area (Å²) in [4.78, 5) is 27.4. The molecule has 8 nitrogen and oxygen atoms in total. The molecule has 0 bridgehead atoms. The Balaban J connectivity index is 1.25. The van der Waals surface area contributed by atoms with E-state index in [-0.39, 0.29) is 11.3 Å². The van der Waals surface area contributed by atoms with Gasteiger partial charge >= 0.3 is 0 Å². The molecule has 160 valence electrons. The Labute approximate surface area is 175 Å². The minimum atomic E-state index is -0.550. The molecule has 1 aliphatic carbocycles. The zero-order valence-electron chi connectivity index (χ0n) is 17.3. The third-order valence-corrected chi connectivity index (χ3v) is 7.47. The van der Waals surface area contributed by atoms with Crippen LogP contribution in [0.2, 0.25) is 0 Å². The van der Waals surface area contributed by atoms with Gasteiger partial charge in [-0.05, 0) is 55.1 Å². The van der Waals surface area contributed by atoms with E-state index < -0.39 is 17.9 Å². The number of likely N-dealkylation sites (tertiary alicyclic amines) is 1. The Morgan fingerprint density at radius 1 is 1.27 bits per heavy atom. The van der Waals surface area contributed by atoms with E-state index in [1.165, 1.54) is 5.56 Å². The maximum absolute atomic E-state index is 13.2. The Bertz CT molecular complexity index is 974. The van der Waals surface area contributed by atoms with Crippen LogP contribution in [0.25, 0.3) is 10.9 Å². The summed E-state index contributed by atoms with van der Waals surface area (Å²) in [5.74, 6) is -0.562. The molecule has 0 unspecified atom stereocenters. The second-order valence-electron chi connectivity index (χ2n) is 9.33. The monoisotopic (exact) mass is 411 g/mol. The number of rotatable bonds is 3. The third kappa shape index (κ3) is 3.37. The van der Waals surface area contributed by atoms with Crippen molar-refractivity contribution in [2.24, 2.45) is 18.4 Å². The first-order valence-electron chi connectivity index (χ1n) is 10.9. The Hall–Kier alpha value is -2.45. The summed E-state index contributed by atoms with van der Waals surface area (Å²) >= 11 is 0. The van der Waals surface area contributed by atoms with Gasteiger partial charge in [-0.2, -0.15) is 5.10 Å². The van der Waals surface area contributed by atoms with Crippen LogP contribution in [-0.2, 0) is 16.6 Å². The number of piperidine rings is 2. The number of amides is 2. The van der Waals surface area contributed by atoms with Crippen LogP contribution in [0.4, 0.5) is 0 Å². The third-order valence-electron chi connectivity index (χ3n) is 7.47. The number of fused-ring (bicyclic) bond motifs is 1. The molecule has 30 heavy (non-hydrogen) atoms. The van der Waals surface area contributed by atoms with Gasteiger partial charge in [-0.25, -0.2) is 5.48 Å². The van der Waals surface area contributed by atoms with Gasteiger partial charge in [-0.1, -0.05) is 12.1 Å². The molecule has 1 aromatic carbocycles. The number of hydrogen-bond acceptors (Lipinski definition) is 5. The van der Waals surface area contributed by atoms with Crippen LogP contribution in [0.1, 0.15) is 43.6 Å². The number of nitrogens with one attached hydrogen (secondary N) is 2. The topological polar surface area (TPSA) is 99.5 Å². The van der Waals surface area contributed by atoms with E-state index in [0.717, 1.165) is 43.1 Å². The van der Waals surface area contributed by atoms with E-state index in [2.05, 4.69) is 28.6 Å². The van der Waals surface area contributed by atoms with Crippen LogP contribution in [0.5, 0.6) is 0 Å². The van der Waals surface area contributed by atoms with Crippen LogP contribution < -0.4 is 10.8 Å². The Kier molecular flexibility index (Phi) is 4.78. The highest BCUT2D eigenvalue weighted by Crippen LogP contribution is 2.52. The molecule has 3 fully saturated rings. The number of hydrogen-bond donors (Lipinski definition) is 3. The van der Waals surface area contributed by atoms with E-state index in [1.54, 1.807) is 5.48 Å². The SMILES string of the molecule is Cn1ncc2ccc(C3CCN(C(=O)[C@H]4NCC5(CC5)C[C@@H]4C(=O)NO)CC3)cc21. The van der Waals surface area contributed by atoms with Crippen LogP contribution in [0, 0.1) is 11.3 Å². The fourth-order valence-electron chi connectivity index (χ4n) is 5.31. The number of carbonyl (C=O) groups is 2. The molecule has 3 N–H and O–H groups in total. The molecule has 8 heteroatoms. The quantitative estimate of drug-likeness (QED) is 0.526. The first kappa shape index (κ1) is 19.5. The molecule has 2 saturated heterocycles. The molecular formula is C22H29N5O3. The Morgan fingerprint density at radius 3 is 2.73 bits per heavy atom. The van der Waals surface area contributed by atoms with E-state index >= 15 is 0 Å². The number of hydroxylamine groups is 1. The summed E-state index contributed by atoms with van der Waals surface area (Å²) in [6.07, 6.45) is 6.53. The lowest BCUT2D eigenvalue weighted by atomic mass is 9.81. The van der Waals surface area contributed by atoms with Crippen molar-refractivity contribution in [3.8, 4) is 0 Å². The van der Waals surface area contributed by atoms with Gasteiger partial charge in [0, 0.05) is 32.1 Å². The molecule has 2 amide bonds. The van der Waals surface area contributed by atoms with Gasteiger partial charge in [0.2, 0.25) is 11.8 Å². The molecule has 2 atom stereocenters. The van der Waals surface area contributed by atoms with Crippen LogP contribution in [-0.4, -0.2) is 57.4 Å². The fourth-order valence-corrected chi connectivity index (χ4v) is 5.31. The highest BCUT2D eigenvalue weighted by Gasteiger charge is 2.52. The lowest BCUT2D eigenvalue weighted by Crippen LogP contribution is -2.59. The summed E-state index contributed by atoms with van der Waals surface area (Å²) in [6.45, 7) is 2.15. The number of carbonyl (C=O) groups excluding carboxylic acids is 2. The van der Waals surface area contributed by atoms with Gasteiger partial charge in [0.05, 0.1) is 23.7 Å². The summed E-state index contributed by atoms with van der Waals surface area (Å²) in [7, 11) is 1.95. The maximum atomic E-state index is 13.2. The first-order chi connectivity index (χ1) is 14.5. The fraction of sp³-hybridized carbons (Fsp3) is 0.591. The maximum Gasteiger partial charge on any atom is 0.248 e. The van der Waals surface area contributed by atoms with Crippen LogP contribution in [0.3, 0.4) is 0 Å². The van der Waals surface area contributed by atoms with Gasteiger partial charge in [0.25, 0.3) is 0 Å². The molecule has 2 aromatic rings. The zero-order valence-corrected chi connectivity index (χ0v) is 17.3. The number of nitrogens with zero attached hydrogens (tertiary/aromatic N) is 3. The minimum absolute atomic E-state index is 0.0142. The number of benzene rings is 1. The second-order valence-corrected chi connectivity index (χ2v) is 9.33. The van der Waals surface area contributed by atoms with Crippen molar-refractivity contribution in [3.63, 3.8) is 0 Å². The van der Waals surface area contributed by atoms with Crippen molar-refractivity contribution >= 4 is 22.7 Å². The molecule has 1 saturated carbocycles. The highest BCUT2D eigenvalue weighted by atomic mass is 16.5. The second kappa shape index (κ2) is 7.35. The van der Waals surface area contributed by atoms with Crippen molar-refractivity contribution in [2.75, 3.05) is 19.6 Å². The van der Waals surface area contributed by atoms with E-state index in [4.69, 9.17) is 5.21 Å². The number of aromatic nitrogens is 2. The average Bonchev–Trinajstić information content (AvgIpc) is 3.44. The van der Waals surface area contributed by atoms with Crippen molar-refractivity contribution in [1.29, 1.82) is 0 Å². The summed E-state index contributed by atoms with van der Waals surface area (Å²) < 4.78 is 1.89. The van der Waals surface area contributed by atoms with Crippen molar-refractivity contribution < 1.29 is 14.8 Å². The van der Waals surface area contributed by atoms with Gasteiger partial charge in [-0.3, -0.25) is 19.5 Å². The number of aryl methyl sites for hydroxylation is 1. The summed E-state index contributed by atoms with van der Waals surface area (Å²) in [5, 5.41) is 18.0. The first-order valence-corrected chi connectivity index (χ1v) is 10.9. The normalized spacial score (nSPS) is 26.1. The largest absolute Gasteiger partial charge is 0.341 e. The molecule has 2 aliphatic heterocycles. The lowest BCUT2D eigenvalue weighted by molar-refractivity contribution is -0.145. The standard InChI is InChI=1S/C22H29N5O3/c1-26-18-10-15(2-3-16(18)12-24-26)14-4-8-27(9-5-14)21(29)19-17(20(28)25-30)11-22(6-7-22)13-23-19/h2-3,10,12,14,17,19,23,30H,4-9,11,13H2,1H3,(H,25,28)/t17-,19-/m0/s1. The van der Waals surface area contributed by atoms with Crippen molar-refractivity contribution in [2.45, 2.75) is 44.1 Å². The molecule has 1 spiro atoms. The van der Waals surface area contributed by atoms with Crippen molar-refractivity contribution in [1.82, 2.24) is 25.5 Å². The molecule has 5 rings (SSSR count). The molecular weight excluding hydrogens is 382 g/mol. The molecule has 3 aliphatic rings. The minimum Gasteiger partial charge on any atom is -0.341 e. The predicted molar refractivity (Wildman–Crippen MR) is 111 cm³/mol. The van der Waals surface area contributed by atoms with E-state index in [9.17, 15) is 9.59 Å². The smallest absolute Gasteiger partial charge is 0.248 e. The predicted octanol–water partition coefficient (Wildman–Crippen LogP) is 1.54. The lowest BCUT2D eigenvalue weighted by Gasteiger charge is -2.40. The summed E-state index contributed by atoms with van der Waals surface area (Å²) in [6, 6.07) is 5.95. The Morgan fingerprint density at radius 2 is 2.03 bits per heavy atom. The van der Waals surface area contributed by atoms with Gasteiger partial charge in [-0.15, -0.1) is 0 Å².